The molecule has 9 heteroatoms. The Morgan fingerprint density at radius 1 is 1.14 bits per heavy atom. The molecule has 1 aliphatic rings. The number of anilines is 2. The summed E-state index contributed by atoms with van der Waals surface area (Å²) < 4.78 is 44.4. The van der Waals surface area contributed by atoms with E-state index in [4.69, 9.17) is 5.11 Å². The van der Waals surface area contributed by atoms with Gasteiger partial charge >= 0.3 is 0 Å². The third-order valence-electron chi connectivity index (χ3n) is 4.22. The van der Waals surface area contributed by atoms with Crippen LogP contribution in [-0.4, -0.2) is 40.4 Å². The van der Waals surface area contributed by atoms with E-state index < -0.39 is 17.5 Å². The summed E-state index contributed by atoms with van der Waals surface area (Å²) in [6, 6.07) is 6.41. The van der Waals surface area contributed by atoms with Crippen LogP contribution in [0.5, 0.6) is 0 Å². The Morgan fingerprint density at radius 3 is 2.59 bits per heavy atom. The fourth-order valence-electron chi connectivity index (χ4n) is 2.72. The highest BCUT2D eigenvalue weighted by Gasteiger charge is 2.24. The molecule has 0 aromatic heterocycles. The van der Waals surface area contributed by atoms with E-state index in [1.165, 1.54) is 22.8 Å². The Morgan fingerprint density at radius 2 is 1.90 bits per heavy atom. The maximum absolute atomic E-state index is 14.5. The lowest BCUT2D eigenvalue weighted by Crippen LogP contribution is -2.30. The largest absolute Gasteiger partial charge is 0.502 e. The number of rotatable bonds is 8. The average Bonchev–Trinajstić information content (AvgIpc) is 2.65. The van der Waals surface area contributed by atoms with Crippen molar-refractivity contribution in [1.29, 1.82) is 0 Å². The first-order valence-corrected chi connectivity index (χ1v) is 9.90. The number of aliphatic hydroxyl groups is 2. The predicted molar refractivity (Wildman–Crippen MR) is 113 cm³/mol. The van der Waals surface area contributed by atoms with Crippen LogP contribution >= 0.6 is 22.6 Å². The highest BCUT2D eigenvalue weighted by Crippen LogP contribution is 2.29. The van der Waals surface area contributed by atoms with Crippen molar-refractivity contribution >= 4 is 39.9 Å². The van der Waals surface area contributed by atoms with Gasteiger partial charge in [0.1, 0.15) is 18.6 Å². The van der Waals surface area contributed by atoms with Gasteiger partial charge in [-0.05, 0) is 65.9 Å². The Hall–Kier alpha value is -2.24. The van der Waals surface area contributed by atoms with Crippen LogP contribution in [0.4, 0.5) is 24.5 Å². The van der Waals surface area contributed by atoms with Crippen LogP contribution in [0.25, 0.3) is 0 Å². The molecule has 1 heterocycles. The summed E-state index contributed by atoms with van der Waals surface area (Å²) in [7, 11) is 0. The lowest BCUT2D eigenvalue weighted by Gasteiger charge is -2.21. The van der Waals surface area contributed by atoms with Crippen molar-refractivity contribution in [3.8, 4) is 0 Å². The number of nitrogens with one attached hydrogen (secondary N) is 2. The molecule has 0 fully saturated rings. The van der Waals surface area contributed by atoms with E-state index in [0.29, 0.717) is 23.1 Å². The van der Waals surface area contributed by atoms with Gasteiger partial charge < -0.3 is 20.8 Å². The third kappa shape index (κ3) is 5.03. The van der Waals surface area contributed by atoms with Gasteiger partial charge in [-0.2, -0.15) is 0 Å². The van der Waals surface area contributed by atoms with Crippen molar-refractivity contribution in [2.45, 2.75) is 6.42 Å². The van der Waals surface area contributed by atoms with Gasteiger partial charge in [-0.3, -0.25) is 4.58 Å². The number of hydrogen-bond donors (Lipinski definition) is 4. The van der Waals surface area contributed by atoms with E-state index in [9.17, 15) is 18.3 Å². The molecule has 154 valence electrons. The van der Waals surface area contributed by atoms with Gasteiger partial charge in [0.05, 0.1) is 16.9 Å². The molecule has 0 bridgehead atoms. The normalized spacial score (nSPS) is 14.7. The molecule has 5 nitrogen and oxygen atoms in total. The molecule has 0 aliphatic carbocycles. The summed E-state index contributed by atoms with van der Waals surface area (Å²) in [6.45, 7) is 2.93. The summed E-state index contributed by atoms with van der Waals surface area (Å²) in [5, 5.41) is 25.0. The standard InChI is InChI=1S/C20H19F3IN3O2/c21-15-4-3-14(20(29)27-10-12(11-27)9-25-6-1-7-28)19(18(15)23)26-17-5-2-13(24)8-16(17)22/h2-5,8,10-11,25-26,28-29H,1,6-7,9H2. The van der Waals surface area contributed by atoms with E-state index in [1.807, 2.05) is 22.6 Å². The highest BCUT2D eigenvalue weighted by molar-refractivity contribution is 14.1. The van der Waals surface area contributed by atoms with E-state index in [-0.39, 0.29) is 29.4 Å². The molecule has 0 amide bonds. The number of halogens is 4. The van der Waals surface area contributed by atoms with Crippen LogP contribution in [-0.2, 0) is 0 Å². The topological polar surface area (TPSA) is 67.5 Å². The van der Waals surface area contributed by atoms with Crippen LogP contribution in [0.2, 0.25) is 0 Å². The summed E-state index contributed by atoms with van der Waals surface area (Å²) in [4.78, 5) is 0. The Kier molecular flexibility index (Phi) is 7.04. The van der Waals surface area contributed by atoms with E-state index >= 15 is 0 Å². The quantitative estimate of drug-likeness (QED) is 0.142. The molecule has 0 saturated heterocycles. The van der Waals surface area contributed by atoms with Gasteiger partial charge in [0.2, 0.25) is 0 Å². The van der Waals surface area contributed by atoms with Gasteiger partial charge in [0, 0.05) is 22.3 Å². The van der Waals surface area contributed by atoms with E-state index in [1.54, 1.807) is 18.8 Å². The second-order valence-electron chi connectivity index (χ2n) is 6.35. The average molecular weight is 517 g/mol. The molecular weight excluding hydrogens is 498 g/mol. The maximum atomic E-state index is 14.5. The van der Waals surface area contributed by atoms with E-state index in [0.717, 1.165) is 11.6 Å². The van der Waals surface area contributed by atoms with Crippen molar-refractivity contribution in [2.75, 3.05) is 25.0 Å². The molecule has 0 saturated carbocycles. The van der Waals surface area contributed by atoms with Crippen LogP contribution in [0.1, 0.15) is 12.0 Å². The van der Waals surface area contributed by atoms with Crippen LogP contribution in [0.15, 0.2) is 42.1 Å². The molecule has 2 aromatic rings. The maximum Gasteiger partial charge on any atom is 0.298 e. The fraction of sp³-hybridized carbons (Fsp3) is 0.200. The molecule has 2 aromatic carbocycles. The highest BCUT2D eigenvalue weighted by atomic mass is 127. The first kappa shape index (κ1) is 21.5. The molecule has 0 spiro atoms. The Bertz CT molecular complexity index is 980. The monoisotopic (exact) mass is 517 g/mol. The second-order valence-corrected chi connectivity index (χ2v) is 7.60. The molecular formula is C20H19F3IN3O2. The summed E-state index contributed by atoms with van der Waals surface area (Å²) in [5.74, 6) is -3.29. The molecule has 1 aliphatic heterocycles. The lowest BCUT2D eigenvalue weighted by atomic mass is 10.1. The molecule has 3 rings (SSSR count). The molecule has 0 atom stereocenters. The fourth-order valence-corrected chi connectivity index (χ4v) is 3.17. The lowest BCUT2D eigenvalue weighted by molar-refractivity contribution is -0.441. The first-order chi connectivity index (χ1) is 13.9. The first-order valence-electron chi connectivity index (χ1n) is 8.82. The summed E-state index contributed by atoms with van der Waals surface area (Å²) in [5.41, 5.74) is 0.469. The third-order valence-corrected chi connectivity index (χ3v) is 4.89. The van der Waals surface area contributed by atoms with Gasteiger partial charge in [-0.1, -0.05) is 0 Å². The van der Waals surface area contributed by atoms with Crippen LogP contribution < -0.4 is 10.6 Å². The minimum absolute atomic E-state index is 0.0124. The summed E-state index contributed by atoms with van der Waals surface area (Å²) >= 11 is 1.94. The number of aliphatic hydroxyl groups excluding tert-OH is 2. The predicted octanol–water partition coefficient (Wildman–Crippen LogP) is 3.80. The van der Waals surface area contributed by atoms with Crippen molar-refractivity contribution in [3.05, 3.63) is 75.2 Å². The Labute approximate surface area is 179 Å². The van der Waals surface area contributed by atoms with Crippen molar-refractivity contribution in [3.63, 3.8) is 0 Å². The minimum Gasteiger partial charge on any atom is -0.502 e. The number of benzene rings is 2. The van der Waals surface area contributed by atoms with Gasteiger partial charge in [0.25, 0.3) is 5.90 Å². The van der Waals surface area contributed by atoms with Gasteiger partial charge in [-0.15, -0.1) is 0 Å². The Balaban J connectivity index is 1.86. The zero-order valence-corrected chi connectivity index (χ0v) is 17.4. The number of hydrogen-bond acceptors (Lipinski definition) is 3. The van der Waals surface area contributed by atoms with Crippen LogP contribution in [0, 0.1) is 27.6 Å². The minimum atomic E-state index is -1.22. The number of nitrogens with zero attached hydrogens (tertiary/aromatic N) is 1. The molecule has 0 unspecified atom stereocenters. The molecule has 0 radical (unpaired) electrons. The van der Waals surface area contributed by atoms with Crippen LogP contribution in [0.3, 0.4) is 0 Å². The van der Waals surface area contributed by atoms with Gasteiger partial charge in [-0.25, -0.2) is 13.2 Å². The SMILES string of the molecule is OCCCNCC1=C[N+](=C(O)c2ccc(F)c(F)c2Nc2ccc(I)cc2F)[CH-]1. The summed E-state index contributed by atoms with van der Waals surface area (Å²) in [6.07, 6.45) is 2.27. The second kappa shape index (κ2) is 9.51. The zero-order valence-electron chi connectivity index (χ0n) is 15.2. The van der Waals surface area contributed by atoms with Crippen molar-refractivity contribution in [2.24, 2.45) is 0 Å². The molecule has 4 N–H and O–H groups in total. The van der Waals surface area contributed by atoms with Gasteiger partial charge in [0.15, 0.2) is 11.6 Å². The van der Waals surface area contributed by atoms with Crippen molar-refractivity contribution < 1.29 is 28.0 Å². The van der Waals surface area contributed by atoms with Crippen molar-refractivity contribution in [1.82, 2.24) is 5.32 Å². The zero-order chi connectivity index (χ0) is 21.0. The van der Waals surface area contributed by atoms with E-state index in [2.05, 4.69) is 10.6 Å². The molecule has 29 heavy (non-hydrogen) atoms. The smallest absolute Gasteiger partial charge is 0.298 e.